The Kier molecular flexibility index (Phi) is 2.19. The third-order valence-electron chi connectivity index (χ3n) is 6.38. The highest BCUT2D eigenvalue weighted by molar-refractivity contribution is 6.22. The molecule has 0 saturated carbocycles. The van der Waals surface area contributed by atoms with Crippen molar-refractivity contribution in [3.63, 3.8) is 0 Å². The summed E-state index contributed by atoms with van der Waals surface area (Å²) in [7, 11) is 0. The molecule has 0 aliphatic rings. The molecule has 0 aliphatic carbocycles. The van der Waals surface area contributed by atoms with Crippen LogP contribution in [0.25, 0.3) is 76.8 Å². The van der Waals surface area contributed by atoms with Gasteiger partial charge in [-0.3, -0.25) is 0 Å². The van der Waals surface area contributed by atoms with Gasteiger partial charge in [0.15, 0.2) is 0 Å². The van der Waals surface area contributed by atoms with E-state index < -0.39 is 246 Å². The van der Waals surface area contributed by atoms with Crippen molar-refractivity contribution in [2.24, 2.45) is 0 Å². The Hall–Kier alpha value is -5.46. The smallest absolute Gasteiger partial charge is 0.0622 e. The number of fused-ring (bicyclic) bond motifs is 3. The van der Waals surface area contributed by atoms with Gasteiger partial charge in [0.2, 0.25) is 0 Å². The molecule has 0 aromatic heterocycles. The summed E-state index contributed by atoms with van der Waals surface area (Å²) >= 11 is 0. The zero-order valence-electron chi connectivity index (χ0n) is 49.0. The second-order valence-electron chi connectivity index (χ2n) is 8.75. The third-order valence-corrected chi connectivity index (χ3v) is 6.38. The number of hydrogen-bond acceptors (Lipinski definition) is 0. The van der Waals surface area contributed by atoms with Gasteiger partial charge in [0.05, 0.1) is 38.4 Å². The van der Waals surface area contributed by atoms with E-state index in [1.54, 1.807) is 0 Å². The van der Waals surface area contributed by atoms with Gasteiger partial charge in [0, 0.05) is 0 Å². The van der Waals surface area contributed by atoms with Gasteiger partial charge in [-0.05, 0) is 88.9 Å². The van der Waals surface area contributed by atoms with Gasteiger partial charge < -0.3 is 0 Å². The molecule has 0 unspecified atom stereocenters. The fourth-order valence-corrected chi connectivity index (χ4v) is 4.56. The average molecular weight is 561 g/mol. The predicted octanol–water partition coefficient (Wildman–Crippen LogP) is 11.8. The summed E-state index contributed by atoms with van der Waals surface area (Å²) in [6.07, 6.45) is 0. The van der Waals surface area contributed by atoms with Crippen LogP contribution in [0.15, 0.2) is 169 Å². The van der Waals surface area contributed by atoms with Crippen molar-refractivity contribution in [2.45, 2.75) is 0 Å². The Balaban J connectivity index is 1.71. The van der Waals surface area contributed by atoms with Crippen molar-refractivity contribution in [3.05, 3.63) is 169 Å². The van der Waals surface area contributed by atoms with E-state index in [1.165, 1.54) is 0 Å². The highest BCUT2D eigenvalue weighted by Crippen LogP contribution is 2.45. The first-order valence-corrected chi connectivity index (χ1v) is 12.2. The molecule has 0 spiro atoms. The molecular formula is C42H28. The van der Waals surface area contributed by atoms with Gasteiger partial charge in [-0.1, -0.05) is 157 Å². The highest BCUT2D eigenvalue weighted by atomic mass is 14.2. The molecule has 0 saturated heterocycles. The molecule has 196 valence electrons. The SMILES string of the molecule is [2H]c1c([2H])c([2H])c(-c2c([2H])c([2H])c3c(-c4c([2H])c([2H])c(-c5c([2H])c([2H])c6c([2H])c([2H])c([2H])c([2H])c6c5[2H])c([2H])c4[2H])c4c([2H])c([2H])c([2H])c([2H])c4c(-c4c([2H])c([2H])c([2H])c([2H])c4[2H])c3c2[2H])c([2H])c1[2H]. The van der Waals surface area contributed by atoms with Crippen molar-refractivity contribution >= 4 is 32.3 Å². The zero-order chi connectivity index (χ0) is 52.2. The van der Waals surface area contributed by atoms with Crippen LogP contribution in [0.1, 0.15) is 38.4 Å². The first kappa shape index (κ1) is 9.02. The monoisotopic (exact) mass is 560 g/mol. The highest BCUT2D eigenvalue weighted by Gasteiger charge is 2.17. The summed E-state index contributed by atoms with van der Waals surface area (Å²) in [5.41, 5.74) is -6.67. The molecule has 0 nitrogen and oxygen atoms in total. The molecule has 0 amide bonds. The lowest BCUT2D eigenvalue weighted by molar-refractivity contribution is 1.62. The number of rotatable bonds is 4. The van der Waals surface area contributed by atoms with Crippen LogP contribution in [-0.4, -0.2) is 0 Å². The summed E-state index contributed by atoms with van der Waals surface area (Å²) in [5.74, 6) is 0. The quantitative estimate of drug-likeness (QED) is 0.188. The van der Waals surface area contributed by atoms with Crippen molar-refractivity contribution in [1.29, 1.82) is 0 Å². The van der Waals surface area contributed by atoms with E-state index in [0.29, 0.717) is 0 Å². The summed E-state index contributed by atoms with van der Waals surface area (Å²) in [4.78, 5) is 0. The van der Waals surface area contributed by atoms with Crippen molar-refractivity contribution in [2.75, 3.05) is 0 Å². The fourth-order valence-electron chi connectivity index (χ4n) is 4.56. The summed E-state index contributed by atoms with van der Waals surface area (Å²) in [5, 5.41) is -4.36. The molecule has 0 bridgehead atoms. The molecule has 8 aromatic rings. The molecule has 0 atom stereocenters. The second-order valence-corrected chi connectivity index (χ2v) is 8.75. The van der Waals surface area contributed by atoms with Crippen LogP contribution in [-0.2, 0) is 0 Å². The van der Waals surface area contributed by atoms with Gasteiger partial charge >= 0.3 is 0 Å². The Bertz CT molecular complexity index is 3710. The van der Waals surface area contributed by atoms with Crippen LogP contribution in [0.2, 0.25) is 0 Å². The van der Waals surface area contributed by atoms with Crippen molar-refractivity contribution in [3.8, 4) is 44.5 Å². The average Bonchev–Trinajstić information content (AvgIpc) is 3.32. The molecule has 8 aromatic carbocycles. The van der Waals surface area contributed by atoms with E-state index in [4.69, 9.17) is 26.0 Å². The van der Waals surface area contributed by atoms with Crippen molar-refractivity contribution in [1.82, 2.24) is 0 Å². The molecule has 0 radical (unpaired) electrons. The lowest BCUT2D eigenvalue weighted by atomic mass is 9.84. The molecular weight excluding hydrogens is 504 g/mol. The van der Waals surface area contributed by atoms with E-state index in [9.17, 15) is 12.3 Å². The summed E-state index contributed by atoms with van der Waals surface area (Å²) < 4.78 is 248. The molecule has 0 N–H and O–H groups in total. The first-order valence-electron chi connectivity index (χ1n) is 26.2. The maximum absolute atomic E-state index is 9.80. The van der Waals surface area contributed by atoms with E-state index in [-0.39, 0.29) is 0 Å². The minimum Gasteiger partial charge on any atom is -0.0622 e. The molecule has 0 fully saturated rings. The molecule has 0 heteroatoms. The van der Waals surface area contributed by atoms with Crippen LogP contribution in [0.4, 0.5) is 0 Å². The standard InChI is InChI=1S/C42H28/c1-3-11-29(12-4-1)36-25-26-39-40(28-36)42(32-14-5-2-6-15-32)38-18-10-9-17-37(38)41(39)33-22-19-31(20-23-33)35-24-21-30-13-7-8-16-34(30)27-35/h1-28H/i1D,2D,3D,4D,5D,6D,7D,8D,9D,10D,11D,12D,13D,14D,15D,16D,17D,18D,19D,20D,21D,22D,23D,24D,25D,26D,27D,28D. The number of hydrogen-bond donors (Lipinski definition) is 0. The van der Waals surface area contributed by atoms with E-state index in [0.717, 1.165) is 0 Å². The lowest BCUT2D eigenvalue weighted by Gasteiger charge is -2.19. The molecule has 42 heavy (non-hydrogen) atoms. The number of benzene rings is 8. The van der Waals surface area contributed by atoms with Gasteiger partial charge in [0.25, 0.3) is 0 Å². The normalized spacial score (nSPS) is 20.7. The van der Waals surface area contributed by atoms with Gasteiger partial charge in [0.1, 0.15) is 0 Å². The Labute approximate surface area is 285 Å². The van der Waals surface area contributed by atoms with Crippen LogP contribution in [0, 0.1) is 0 Å². The summed E-state index contributed by atoms with van der Waals surface area (Å²) in [6, 6.07) is -27.4. The van der Waals surface area contributed by atoms with Crippen LogP contribution in [0.3, 0.4) is 0 Å². The molecule has 8 rings (SSSR count). The Morgan fingerprint density at radius 2 is 0.690 bits per heavy atom. The van der Waals surface area contributed by atoms with Crippen LogP contribution >= 0.6 is 0 Å². The van der Waals surface area contributed by atoms with E-state index >= 15 is 0 Å². The predicted molar refractivity (Wildman–Crippen MR) is 181 cm³/mol. The van der Waals surface area contributed by atoms with E-state index in [1.807, 2.05) is 0 Å². The van der Waals surface area contributed by atoms with Gasteiger partial charge in [-0.15, -0.1) is 0 Å². The summed E-state index contributed by atoms with van der Waals surface area (Å²) in [6.45, 7) is 0. The minimum atomic E-state index is -1.13. The third kappa shape index (κ3) is 4.17. The van der Waals surface area contributed by atoms with Crippen molar-refractivity contribution < 1.29 is 38.4 Å². The Morgan fingerprint density at radius 3 is 1.40 bits per heavy atom. The zero-order valence-corrected chi connectivity index (χ0v) is 21.0. The topological polar surface area (TPSA) is 0 Å². The van der Waals surface area contributed by atoms with Crippen LogP contribution < -0.4 is 0 Å². The van der Waals surface area contributed by atoms with Gasteiger partial charge in [-0.2, -0.15) is 0 Å². The maximum Gasteiger partial charge on any atom is 0.0636 e. The fraction of sp³-hybridized carbons (Fsp3) is 0. The minimum absolute atomic E-state index is 0.550. The molecule has 0 heterocycles. The van der Waals surface area contributed by atoms with Crippen LogP contribution in [0.5, 0.6) is 0 Å². The Morgan fingerprint density at radius 1 is 0.262 bits per heavy atom. The lowest BCUT2D eigenvalue weighted by Crippen LogP contribution is -1.92. The molecule has 0 aliphatic heterocycles. The second kappa shape index (κ2) is 10.2. The van der Waals surface area contributed by atoms with Gasteiger partial charge in [-0.25, -0.2) is 0 Å². The first-order chi connectivity index (χ1) is 32.5. The van der Waals surface area contributed by atoms with E-state index in [2.05, 4.69) is 0 Å². The largest absolute Gasteiger partial charge is 0.0636 e. The maximum atomic E-state index is 9.80.